The van der Waals surface area contributed by atoms with Crippen molar-refractivity contribution in [3.8, 4) is 0 Å². The van der Waals surface area contributed by atoms with E-state index in [1.54, 1.807) is 0 Å². The third-order valence-corrected chi connectivity index (χ3v) is 2.35. The minimum absolute atomic E-state index is 1.25. The van der Waals surface area contributed by atoms with Gasteiger partial charge in [0, 0.05) is 0 Å². The average molecular weight is 287 g/mol. The van der Waals surface area contributed by atoms with Gasteiger partial charge in [-0.2, -0.15) is 0 Å². The van der Waals surface area contributed by atoms with Crippen molar-refractivity contribution in [1.29, 1.82) is 0 Å². The van der Waals surface area contributed by atoms with Gasteiger partial charge >= 0.3 is 0 Å². The minimum Gasteiger partial charge on any atom is -0.0683 e. The van der Waals surface area contributed by atoms with Crippen LogP contribution in [0.1, 0.15) is 56.4 Å². The van der Waals surface area contributed by atoms with Gasteiger partial charge in [0.2, 0.25) is 0 Å². The Kier molecular flexibility index (Phi) is 15.4. The van der Waals surface area contributed by atoms with E-state index >= 15 is 0 Å². The van der Waals surface area contributed by atoms with Crippen LogP contribution in [-0.2, 0) is 0 Å². The maximum atomic E-state index is 2.17. The van der Waals surface area contributed by atoms with Gasteiger partial charge in [0.15, 0.2) is 0 Å². The molecular formula is C21H34. The van der Waals surface area contributed by atoms with Crippen LogP contribution in [0.15, 0.2) is 48.5 Å². The highest BCUT2D eigenvalue weighted by atomic mass is 13.9. The molecule has 0 amide bonds. The molecule has 2 rings (SSSR count). The first-order valence-corrected chi connectivity index (χ1v) is 8.06. The van der Waals surface area contributed by atoms with Crippen LogP contribution in [0.2, 0.25) is 0 Å². The van der Waals surface area contributed by atoms with Gasteiger partial charge < -0.3 is 0 Å². The molecular weight excluding hydrogens is 252 g/mol. The summed E-state index contributed by atoms with van der Waals surface area (Å²) in [5.41, 5.74) is 5.35. The third-order valence-electron chi connectivity index (χ3n) is 2.35. The molecule has 0 saturated heterocycles. The number of aryl methyl sites for hydroxylation is 4. The van der Waals surface area contributed by atoms with Crippen LogP contribution in [0.25, 0.3) is 0 Å². The highest BCUT2D eigenvalue weighted by Gasteiger charge is 1.81. The average Bonchev–Trinajstić information content (AvgIpc) is 2.42. The highest BCUT2D eigenvalue weighted by molar-refractivity contribution is 5.20. The van der Waals surface area contributed by atoms with E-state index in [2.05, 4.69) is 90.1 Å². The topological polar surface area (TPSA) is 0 Å². The van der Waals surface area contributed by atoms with Crippen LogP contribution in [0.4, 0.5) is 0 Å². The van der Waals surface area contributed by atoms with Crippen LogP contribution in [0.5, 0.6) is 0 Å². The maximum absolute atomic E-state index is 2.17. The Balaban J connectivity index is 0. The summed E-state index contributed by atoms with van der Waals surface area (Å²) in [6.07, 6.45) is 1.25. The fourth-order valence-corrected chi connectivity index (χ4v) is 1.61. The smallest absolute Gasteiger partial charge is 0.0398 e. The molecule has 118 valence electrons. The summed E-state index contributed by atoms with van der Waals surface area (Å²) in [6, 6.07) is 16.9. The van der Waals surface area contributed by atoms with Gasteiger partial charge in [-0.05, 0) is 27.7 Å². The summed E-state index contributed by atoms with van der Waals surface area (Å²) in [4.78, 5) is 0. The fraction of sp³-hybridized carbons (Fsp3) is 0.429. The van der Waals surface area contributed by atoms with Gasteiger partial charge in [-0.15, -0.1) is 0 Å². The van der Waals surface area contributed by atoms with Gasteiger partial charge in [0.25, 0.3) is 0 Å². The standard InChI is InChI=1S/2C8H10.C3H8.C2H6/c2*1-7-4-3-5-8(2)6-7;1-3-2;1-2/h2*3-6H,1-2H3;3H2,1-2H3;1-2H3. The Bertz CT molecular complexity index is 377. The lowest BCUT2D eigenvalue weighted by Crippen LogP contribution is -1.71. The molecule has 2 aromatic carbocycles. The third kappa shape index (κ3) is 14.7. The van der Waals surface area contributed by atoms with Crippen LogP contribution >= 0.6 is 0 Å². The summed E-state index contributed by atoms with van der Waals surface area (Å²) >= 11 is 0. The summed E-state index contributed by atoms with van der Waals surface area (Å²) in [5.74, 6) is 0. The van der Waals surface area contributed by atoms with Crippen molar-refractivity contribution in [3.63, 3.8) is 0 Å². The zero-order chi connectivity index (χ0) is 16.7. The summed E-state index contributed by atoms with van der Waals surface area (Å²) in [5, 5.41) is 0. The largest absolute Gasteiger partial charge is 0.0683 e. The molecule has 0 unspecified atom stereocenters. The highest BCUT2D eigenvalue weighted by Crippen LogP contribution is 2.00. The number of rotatable bonds is 0. The monoisotopic (exact) mass is 286 g/mol. The molecule has 0 heteroatoms. The van der Waals surface area contributed by atoms with E-state index in [0.717, 1.165) is 0 Å². The molecule has 0 heterocycles. The van der Waals surface area contributed by atoms with Gasteiger partial charge in [0.05, 0.1) is 0 Å². The molecule has 2 aromatic rings. The number of hydrogen-bond acceptors (Lipinski definition) is 0. The molecule has 0 nitrogen and oxygen atoms in total. The lowest BCUT2D eigenvalue weighted by atomic mass is 10.2. The molecule has 0 fully saturated rings. The predicted molar refractivity (Wildman–Crippen MR) is 99.1 cm³/mol. The van der Waals surface area contributed by atoms with E-state index in [4.69, 9.17) is 0 Å². The zero-order valence-electron chi connectivity index (χ0n) is 15.3. The lowest BCUT2D eigenvalue weighted by molar-refractivity contribution is 1.09. The first kappa shape index (κ1) is 21.7. The molecule has 0 aliphatic heterocycles. The second-order valence-electron chi connectivity index (χ2n) is 5.02. The van der Waals surface area contributed by atoms with Gasteiger partial charge in [0.1, 0.15) is 0 Å². The lowest BCUT2D eigenvalue weighted by Gasteiger charge is -1.90. The Labute approximate surface area is 133 Å². The second kappa shape index (κ2) is 14.8. The first-order chi connectivity index (χ1) is 9.99. The molecule has 21 heavy (non-hydrogen) atoms. The van der Waals surface area contributed by atoms with E-state index in [-0.39, 0.29) is 0 Å². The Morgan fingerprint density at radius 1 is 0.571 bits per heavy atom. The quantitative estimate of drug-likeness (QED) is 0.486. The van der Waals surface area contributed by atoms with E-state index in [1.165, 1.54) is 28.7 Å². The van der Waals surface area contributed by atoms with Gasteiger partial charge in [-0.1, -0.05) is 105 Å². The van der Waals surface area contributed by atoms with Crippen molar-refractivity contribution in [3.05, 3.63) is 70.8 Å². The zero-order valence-corrected chi connectivity index (χ0v) is 15.3. The molecule has 0 spiro atoms. The Morgan fingerprint density at radius 3 is 0.857 bits per heavy atom. The van der Waals surface area contributed by atoms with Crippen LogP contribution < -0.4 is 0 Å². The molecule has 0 N–H and O–H groups in total. The number of benzene rings is 2. The van der Waals surface area contributed by atoms with E-state index in [9.17, 15) is 0 Å². The predicted octanol–water partition coefficient (Wildman–Crippen LogP) is 7.05. The van der Waals surface area contributed by atoms with Gasteiger partial charge in [-0.3, -0.25) is 0 Å². The van der Waals surface area contributed by atoms with Crippen LogP contribution in [0.3, 0.4) is 0 Å². The van der Waals surface area contributed by atoms with Crippen molar-refractivity contribution in [2.75, 3.05) is 0 Å². The van der Waals surface area contributed by atoms with Crippen molar-refractivity contribution < 1.29 is 0 Å². The summed E-state index contributed by atoms with van der Waals surface area (Å²) in [7, 11) is 0. The first-order valence-electron chi connectivity index (χ1n) is 8.06. The van der Waals surface area contributed by atoms with Crippen LogP contribution in [-0.4, -0.2) is 0 Å². The molecule has 0 aromatic heterocycles. The van der Waals surface area contributed by atoms with Crippen molar-refractivity contribution in [2.45, 2.75) is 61.8 Å². The second-order valence-corrected chi connectivity index (χ2v) is 5.02. The summed E-state index contributed by atoms with van der Waals surface area (Å²) < 4.78 is 0. The summed E-state index contributed by atoms with van der Waals surface area (Å²) in [6.45, 7) is 16.7. The molecule has 0 aliphatic carbocycles. The molecule has 0 radical (unpaired) electrons. The fourth-order valence-electron chi connectivity index (χ4n) is 1.61. The minimum atomic E-state index is 1.25. The van der Waals surface area contributed by atoms with E-state index < -0.39 is 0 Å². The van der Waals surface area contributed by atoms with Gasteiger partial charge in [-0.25, -0.2) is 0 Å². The normalized spacial score (nSPS) is 8.19. The van der Waals surface area contributed by atoms with E-state index in [0.29, 0.717) is 0 Å². The maximum Gasteiger partial charge on any atom is -0.0398 e. The molecule has 0 atom stereocenters. The SMILES string of the molecule is CC.CCC.Cc1cccc(C)c1.Cc1cccc(C)c1. The number of hydrogen-bond donors (Lipinski definition) is 0. The van der Waals surface area contributed by atoms with Crippen LogP contribution in [0, 0.1) is 27.7 Å². The molecule has 0 bridgehead atoms. The van der Waals surface area contributed by atoms with E-state index in [1.807, 2.05) is 13.8 Å². The van der Waals surface area contributed by atoms with Crippen molar-refractivity contribution in [1.82, 2.24) is 0 Å². The molecule has 0 aliphatic rings. The Morgan fingerprint density at radius 2 is 0.762 bits per heavy atom. The molecule has 0 saturated carbocycles. The Hall–Kier alpha value is -1.56. The van der Waals surface area contributed by atoms with Crippen molar-refractivity contribution in [2.24, 2.45) is 0 Å². The van der Waals surface area contributed by atoms with Crippen molar-refractivity contribution >= 4 is 0 Å².